The second-order valence-electron chi connectivity index (χ2n) is 6.25. The molecule has 140 valence electrons. The van der Waals surface area contributed by atoms with Crippen molar-refractivity contribution in [3.63, 3.8) is 0 Å². The number of benzene rings is 2. The number of halogens is 1. The molecule has 7 nitrogen and oxygen atoms in total. The molecule has 0 aromatic heterocycles. The number of carbonyl (C=O) groups is 2. The number of fused-ring (bicyclic) bond motifs is 2. The van der Waals surface area contributed by atoms with Crippen LogP contribution in [0.5, 0.6) is 17.2 Å². The molecule has 2 aromatic carbocycles. The van der Waals surface area contributed by atoms with Gasteiger partial charge in [-0.15, -0.1) is 0 Å². The number of anilines is 2. The molecule has 0 saturated carbocycles. The molecule has 2 aliphatic heterocycles. The average Bonchev–Trinajstić information content (AvgIpc) is 2.89. The van der Waals surface area contributed by atoms with Gasteiger partial charge in [-0.25, -0.2) is 0 Å². The van der Waals surface area contributed by atoms with Crippen molar-refractivity contribution >= 4 is 34.8 Å². The van der Waals surface area contributed by atoms with E-state index in [2.05, 4.69) is 10.6 Å². The summed E-state index contributed by atoms with van der Waals surface area (Å²) in [6.45, 7) is 2.68. The second kappa shape index (κ2) is 7.00. The van der Waals surface area contributed by atoms with E-state index in [-0.39, 0.29) is 11.8 Å². The topological polar surface area (TPSA) is 85.9 Å². The zero-order valence-corrected chi connectivity index (χ0v) is 15.3. The molecule has 0 spiro atoms. The van der Waals surface area contributed by atoms with Crippen LogP contribution in [0.15, 0.2) is 30.3 Å². The minimum atomic E-state index is -0.554. The Balaban J connectivity index is 1.56. The van der Waals surface area contributed by atoms with Gasteiger partial charge in [0.2, 0.25) is 0 Å². The Kier molecular flexibility index (Phi) is 4.53. The van der Waals surface area contributed by atoms with Crippen LogP contribution in [0.1, 0.15) is 23.7 Å². The quantitative estimate of drug-likeness (QED) is 0.822. The van der Waals surface area contributed by atoms with Crippen LogP contribution < -0.4 is 24.8 Å². The molecule has 27 heavy (non-hydrogen) atoms. The summed E-state index contributed by atoms with van der Waals surface area (Å²) in [6, 6.07) is 8.18. The number of rotatable bonds is 2. The summed E-state index contributed by atoms with van der Waals surface area (Å²) in [5, 5.41) is 5.85. The molecular formula is C19H17ClN2O5. The van der Waals surface area contributed by atoms with E-state index < -0.39 is 6.10 Å². The maximum Gasteiger partial charge on any atom is 0.265 e. The van der Waals surface area contributed by atoms with Crippen LogP contribution >= 0.6 is 11.6 Å². The largest absolute Gasteiger partial charge is 0.489 e. The van der Waals surface area contributed by atoms with Crippen molar-refractivity contribution in [2.45, 2.75) is 19.4 Å². The third-order valence-electron chi connectivity index (χ3n) is 4.23. The molecule has 1 atom stereocenters. The van der Waals surface area contributed by atoms with E-state index in [1.54, 1.807) is 31.2 Å². The summed E-state index contributed by atoms with van der Waals surface area (Å²) in [5.41, 5.74) is 1.36. The molecule has 2 aromatic rings. The first-order valence-corrected chi connectivity index (χ1v) is 8.91. The van der Waals surface area contributed by atoms with Gasteiger partial charge in [-0.1, -0.05) is 11.6 Å². The third kappa shape index (κ3) is 3.50. The Hall–Kier alpha value is -2.93. The number of carbonyl (C=O) groups excluding carboxylic acids is 2. The lowest BCUT2D eigenvalue weighted by Crippen LogP contribution is -2.34. The first kappa shape index (κ1) is 17.5. The number of nitrogens with one attached hydrogen (secondary N) is 2. The predicted molar refractivity (Wildman–Crippen MR) is 100 cm³/mol. The van der Waals surface area contributed by atoms with E-state index in [0.717, 1.165) is 6.42 Å². The van der Waals surface area contributed by atoms with Gasteiger partial charge in [0.25, 0.3) is 11.8 Å². The van der Waals surface area contributed by atoms with Crippen molar-refractivity contribution in [1.29, 1.82) is 0 Å². The van der Waals surface area contributed by atoms with E-state index in [1.807, 2.05) is 0 Å². The van der Waals surface area contributed by atoms with Crippen LogP contribution in [-0.2, 0) is 4.79 Å². The Bertz CT molecular complexity index is 931. The van der Waals surface area contributed by atoms with Crippen molar-refractivity contribution in [2.24, 2.45) is 0 Å². The number of hydrogen-bond donors (Lipinski definition) is 2. The highest BCUT2D eigenvalue weighted by Crippen LogP contribution is 2.38. The Morgan fingerprint density at radius 1 is 1.19 bits per heavy atom. The summed E-state index contributed by atoms with van der Waals surface area (Å²) in [7, 11) is 0. The van der Waals surface area contributed by atoms with Crippen LogP contribution in [0.2, 0.25) is 5.02 Å². The van der Waals surface area contributed by atoms with E-state index >= 15 is 0 Å². The molecule has 0 aliphatic carbocycles. The summed E-state index contributed by atoms with van der Waals surface area (Å²) >= 11 is 6.24. The third-order valence-corrected chi connectivity index (χ3v) is 4.51. The van der Waals surface area contributed by atoms with Gasteiger partial charge in [-0.3, -0.25) is 9.59 Å². The van der Waals surface area contributed by atoms with Gasteiger partial charge in [-0.2, -0.15) is 0 Å². The zero-order valence-electron chi connectivity index (χ0n) is 14.5. The molecule has 0 bridgehead atoms. The molecule has 2 aliphatic rings. The van der Waals surface area contributed by atoms with E-state index in [4.69, 9.17) is 25.8 Å². The van der Waals surface area contributed by atoms with Crippen molar-refractivity contribution in [3.05, 3.63) is 40.9 Å². The second-order valence-corrected chi connectivity index (χ2v) is 6.66. The highest BCUT2D eigenvalue weighted by molar-refractivity contribution is 6.32. The van der Waals surface area contributed by atoms with E-state index in [0.29, 0.717) is 52.4 Å². The van der Waals surface area contributed by atoms with Crippen molar-refractivity contribution in [1.82, 2.24) is 0 Å². The number of ether oxygens (including phenoxy) is 3. The van der Waals surface area contributed by atoms with Gasteiger partial charge in [0, 0.05) is 17.7 Å². The smallest absolute Gasteiger partial charge is 0.265 e. The molecular weight excluding hydrogens is 372 g/mol. The number of hydrogen-bond acceptors (Lipinski definition) is 5. The molecule has 2 heterocycles. The highest BCUT2D eigenvalue weighted by atomic mass is 35.5. The fraction of sp³-hybridized carbons (Fsp3) is 0.263. The van der Waals surface area contributed by atoms with Crippen molar-refractivity contribution in [2.75, 3.05) is 23.8 Å². The molecule has 8 heteroatoms. The first-order valence-electron chi connectivity index (χ1n) is 8.53. The highest BCUT2D eigenvalue weighted by Gasteiger charge is 2.24. The molecule has 0 saturated heterocycles. The van der Waals surface area contributed by atoms with Crippen LogP contribution in [-0.4, -0.2) is 31.1 Å². The maximum absolute atomic E-state index is 12.6. The zero-order chi connectivity index (χ0) is 19.0. The Morgan fingerprint density at radius 3 is 2.85 bits per heavy atom. The number of amides is 2. The summed E-state index contributed by atoms with van der Waals surface area (Å²) < 4.78 is 16.7. The monoisotopic (exact) mass is 388 g/mol. The summed E-state index contributed by atoms with van der Waals surface area (Å²) in [4.78, 5) is 24.4. The van der Waals surface area contributed by atoms with Gasteiger partial charge >= 0.3 is 0 Å². The van der Waals surface area contributed by atoms with Gasteiger partial charge in [-0.05, 0) is 37.3 Å². The van der Waals surface area contributed by atoms with Gasteiger partial charge in [0.1, 0.15) is 5.75 Å². The normalized spacial score (nSPS) is 17.9. The first-order chi connectivity index (χ1) is 13.0. The molecule has 2 amide bonds. The lowest BCUT2D eigenvalue weighted by Gasteiger charge is -2.23. The SMILES string of the molecule is C[C@H]1Oc2ccc(NC(=O)c3cc(Cl)c4c(c3)OCCCO4)cc2NC1=O. The molecule has 2 N–H and O–H groups in total. The van der Waals surface area contributed by atoms with Gasteiger partial charge in [0.15, 0.2) is 17.6 Å². The average molecular weight is 389 g/mol. The van der Waals surface area contributed by atoms with Crippen LogP contribution in [0.25, 0.3) is 0 Å². The van der Waals surface area contributed by atoms with Crippen molar-refractivity contribution in [3.8, 4) is 17.2 Å². The molecule has 0 unspecified atom stereocenters. The Morgan fingerprint density at radius 2 is 2.00 bits per heavy atom. The van der Waals surface area contributed by atoms with Crippen LogP contribution in [0, 0.1) is 0 Å². The van der Waals surface area contributed by atoms with E-state index in [9.17, 15) is 9.59 Å². The summed E-state index contributed by atoms with van der Waals surface area (Å²) in [5.74, 6) is 0.863. The molecule has 4 rings (SSSR count). The lowest BCUT2D eigenvalue weighted by molar-refractivity contribution is -0.122. The van der Waals surface area contributed by atoms with Crippen molar-refractivity contribution < 1.29 is 23.8 Å². The fourth-order valence-electron chi connectivity index (χ4n) is 2.85. The molecule has 0 fully saturated rings. The maximum atomic E-state index is 12.6. The lowest BCUT2D eigenvalue weighted by atomic mass is 10.1. The van der Waals surface area contributed by atoms with Crippen LogP contribution in [0.3, 0.4) is 0 Å². The minimum Gasteiger partial charge on any atom is -0.489 e. The molecule has 0 radical (unpaired) electrons. The Labute approximate surface area is 160 Å². The van der Waals surface area contributed by atoms with Gasteiger partial charge in [0.05, 0.1) is 23.9 Å². The van der Waals surface area contributed by atoms with Crippen LogP contribution in [0.4, 0.5) is 11.4 Å². The van der Waals surface area contributed by atoms with Gasteiger partial charge < -0.3 is 24.8 Å². The summed E-state index contributed by atoms with van der Waals surface area (Å²) in [6.07, 6.45) is 0.190. The van der Waals surface area contributed by atoms with E-state index in [1.165, 1.54) is 6.07 Å². The minimum absolute atomic E-state index is 0.236. The standard InChI is InChI=1S/C19H17ClN2O5/c1-10-18(23)22-14-9-12(3-4-15(14)27-10)21-19(24)11-7-13(20)17-16(8-11)25-5-2-6-26-17/h3-4,7-10H,2,5-6H2,1H3,(H,21,24)(H,22,23)/t10-/m1/s1. The predicted octanol–water partition coefficient (Wildman–Crippen LogP) is 3.47. The fourth-order valence-corrected chi connectivity index (χ4v) is 3.12.